The second-order valence-corrected chi connectivity index (χ2v) is 9.40. The van der Waals surface area contributed by atoms with E-state index in [9.17, 15) is 8.42 Å². The van der Waals surface area contributed by atoms with Gasteiger partial charge in [0, 0.05) is 51.3 Å². The maximum absolute atomic E-state index is 12.3. The molecule has 1 atom stereocenters. The summed E-state index contributed by atoms with van der Waals surface area (Å²) in [7, 11) is -1.50. The molecule has 2 aliphatic rings. The normalized spacial score (nSPS) is 26.0. The molecule has 0 bridgehead atoms. The Morgan fingerprint density at radius 1 is 1.33 bits per heavy atom. The van der Waals surface area contributed by atoms with E-state index in [0.29, 0.717) is 32.1 Å². The number of rotatable bonds is 6. The van der Waals surface area contributed by atoms with E-state index in [4.69, 9.17) is 4.74 Å². The molecular formula is C14H29IN4O3S2. The fourth-order valence-electron chi connectivity index (χ4n) is 2.72. The molecule has 2 rings (SSSR count). The van der Waals surface area contributed by atoms with Gasteiger partial charge in [-0.05, 0) is 19.8 Å². The van der Waals surface area contributed by atoms with Crippen molar-refractivity contribution in [3.05, 3.63) is 0 Å². The number of thioether (sulfide) groups is 1. The molecule has 142 valence electrons. The first kappa shape index (κ1) is 22.3. The average Bonchev–Trinajstić information content (AvgIpc) is 2.98. The summed E-state index contributed by atoms with van der Waals surface area (Å²) in [5.74, 6) is 2.47. The lowest BCUT2D eigenvalue weighted by atomic mass is 10.0. The molecule has 2 heterocycles. The van der Waals surface area contributed by atoms with Crippen molar-refractivity contribution < 1.29 is 13.2 Å². The van der Waals surface area contributed by atoms with Gasteiger partial charge in [-0.2, -0.15) is 11.8 Å². The van der Waals surface area contributed by atoms with Crippen LogP contribution < -0.4 is 10.6 Å². The predicted molar refractivity (Wildman–Crippen MR) is 111 cm³/mol. The number of hydrogen-bond acceptors (Lipinski definition) is 5. The summed E-state index contributed by atoms with van der Waals surface area (Å²) in [5.41, 5.74) is -0.158. The van der Waals surface area contributed by atoms with E-state index < -0.39 is 10.0 Å². The number of nitrogens with one attached hydrogen (secondary N) is 2. The van der Waals surface area contributed by atoms with Crippen LogP contribution in [-0.4, -0.2) is 81.4 Å². The zero-order valence-electron chi connectivity index (χ0n) is 14.4. The van der Waals surface area contributed by atoms with Crippen LogP contribution in [-0.2, 0) is 14.8 Å². The molecule has 0 aromatic rings. The number of hydrogen-bond donors (Lipinski definition) is 2. The van der Waals surface area contributed by atoms with Crippen molar-refractivity contribution in [2.24, 2.45) is 4.99 Å². The monoisotopic (exact) mass is 492 g/mol. The molecule has 0 spiro atoms. The zero-order valence-corrected chi connectivity index (χ0v) is 18.4. The summed E-state index contributed by atoms with van der Waals surface area (Å²) in [4.78, 5) is 4.14. The number of aliphatic imine (C=N–C) groups is 1. The van der Waals surface area contributed by atoms with E-state index in [-0.39, 0.29) is 35.3 Å². The Balaban J connectivity index is 0.00000288. The van der Waals surface area contributed by atoms with Gasteiger partial charge in [0.25, 0.3) is 0 Å². The molecule has 0 radical (unpaired) electrons. The van der Waals surface area contributed by atoms with Crippen molar-refractivity contribution >= 4 is 51.7 Å². The standard InChI is InChI=1S/C14H28N4O3S2.HI/c1-14(4-3-8-21-14)12-17-13(15-2)16-5-11-23(19,20)18-6-9-22-10-7-18;/h3-12H2,1-2H3,(H2,15,16,17);1H. The first-order chi connectivity index (χ1) is 11.0. The molecule has 2 saturated heterocycles. The van der Waals surface area contributed by atoms with Crippen LogP contribution >= 0.6 is 35.7 Å². The molecule has 7 nitrogen and oxygen atoms in total. The maximum Gasteiger partial charge on any atom is 0.215 e. The molecule has 2 N–H and O–H groups in total. The minimum Gasteiger partial charge on any atom is -0.373 e. The van der Waals surface area contributed by atoms with Gasteiger partial charge in [0.1, 0.15) is 0 Å². The van der Waals surface area contributed by atoms with Crippen molar-refractivity contribution in [3.63, 3.8) is 0 Å². The summed E-state index contributed by atoms with van der Waals surface area (Å²) in [5, 5.41) is 6.30. The minimum atomic E-state index is -3.18. The predicted octanol–water partition coefficient (Wildman–Crippen LogP) is 0.717. The molecule has 1 unspecified atom stereocenters. The lowest BCUT2D eigenvalue weighted by Crippen LogP contribution is -2.47. The van der Waals surface area contributed by atoms with E-state index in [1.165, 1.54) is 0 Å². The molecule has 0 saturated carbocycles. The Hall–Kier alpha value is 0.220. The summed E-state index contributed by atoms with van der Waals surface area (Å²) in [6.45, 7) is 5.15. The van der Waals surface area contributed by atoms with Gasteiger partial charge in [-0.3, -0.25) is 4.99 Å². The van der Waals surface area contributed by atoms with Crippen LogP contribution in [0.3, 0.4) is 0 Å². The van der Waals surface area contributed by atoms with E-state index in [1.807, 2.05) is 0 Å². The van der Waals surface area contributed by atoms with Gasteiger partial charge >= 0.3 is 0 Å². The number of guanidine groups is 1. The van der Waals surface area contributed by atoms with Crippen molar-refractivity contribution in [2.45, 2.75) is 25.4 Å². The molecule has 0 aliphatic carbocycles. The Morgan fingerprint density at radius 2 is 2.04 bits per heavy atom. The SMILES string of the molecule is CN=C(NCCS(=O)(=O)N1CCSCC1)NCC1(C)CCCO1.I. The Labute approximate surface area is 166 Å². The fourth-order valence-corrected chi connectivity index (χ4v) is 5.21. The minimum absolute atomic E-state index is 0. The van der Waals surface area contributed by atoms with Gasteiger partial charge in [0.05, 0.1) is 11.4 Å². The van der Waals surface area contributed by atoms with Crippen LogP contribution in [0.25, 0.3) is 0 Å². The van der Waals surface area contributed by atoms with Crippen LogP contribution in [0, 0.1) is 0 Å². The van der Waals surface area contributed by atoms with Crippen LogP contribution in [0.1, 0.15) is 19.8 Å². The fraction of sp³-hybridized carbons (Fsp3) is 0.929. The third-order valence-corrected chi connectivity index (χ3v) is 6.98. The lowest BCUT2D eigenvalue weighted by molar-refractivity contribution is 0.0243. The average molecular weight is 492 g/mol. The van der Waals surface area contributed by atoms with Gasteiger partial charge in [0.2, 0.25) is 10.0 Å². The second kappa shape index (κ2) is 10.4. The van der Waals surface area contributed by atoms with Crippen LogP contribution in [0.5, 0.6) is 0 Å². The van der Waals surface area contributed by atoms with Crippen LogP contribution in [0.2, 0.25) is 0 Å². The molecule has 10 heteroatoms. The van der Waals surface area contributed by atoms with Crippen molar-refractivity contribution in [3.8, 4) is 0 Å². The molecule has 2 aliphatic heterocycles. The highest BCUT2D eigenvalue weighted by Crippen LogP contribution is 2.23. The topological polar surface area (TPSA) is 83.0 Å². The molecule has 24 heavy (non-hydrogen) atoms. The summed E-state index contributed by atoms with van der Waals surface area (Å²) < 4.78 is 31.9. The smallest absolute Gasteiger partial charge is 0.215 e. The zero-order chi connectivity index (χ0) is 16.8. The van der Waals surface area contributed by atoms with E-state index in [1.54, 1.807) is 23.1 Å². The van der Waals surface area contributed by atoms with Gasteiger partial charge in [-0.1, -0.05) is 0 Å². The highest BCUT2D eigenvalue weighted by Gasteiger charge is 2.29. The largest absolute Gasteiger partial charge is 0.373 e. The molecular weight excluding hydrogens is 463 g/mol. The number of sulfonamides is 1. The quantitative estimate of drug-likeness (QED) is 0.323. The third-order valence-electron chi connectivity index (χ3n) is 4.17. The Bertz CT molecular complexity index is 504. The second-order valence-electron chi connectivity index (χ2n) is 6.08. The first-order valence-electron chi connectivity index (χ1n) is 8.09. The van der Waals surface area contributed by atoms with Gasteiger partial charge in [0.15, 0.2) is 5.96 Å². The van der Waals surface area contributed by atoms with E-state index >= 15 is 0 Å². The number of halogens is 1. The molecule has 2 fully saturated rings. The van der Waals surface area contributed by atoms with Crippen LogP contribution in [0.15, 0.2) is 4.99 Å². The number of ether oxygens (including phenoxy) is 1. The van der Waals surface area contributed by atoms with Crippen molar-refractivity contribution in [2.75, 3.05) is 57.1 Å². The van der Waals surface area contributed by atoms with E-state index in [0.717, 1.165) is 31.0 Å². The van der Waals surface area contributed by atoms with E-state index in [2.05, 4.69) is 22.5 Å². The summed E-state index contributed by atoms with van der Waals surface area (Å²) in [6, 6.07) is 0. The van der Waals surface area contributed by atoms with Gasteiger partial charge < -0.3 is 15.4 Å². The third kappa shape index (κ3) is 6.85. The Morgan fingerprint density at radius 3 is 2.62 bits per heavy atom. The Kier molecular flexibility index (Phi) is 9.64. The summed E-state index contributed by atoms with van der Waals surface area (Å²) >= 11 is 1.80. The molecule has 0 aromatic heterocycles. The molecule has 0 aromatic carbocycles. The van der Waals surface area contributed by atoms with Crippen LogP contribution in [0.4, 0.5) is 0 Å². The first-order valence-corrected chi connectivity index (χ1v) is 10.9. The van der Waals surface area contributed by atoms with Gasteiger partial charge in [-0.15, -0.1) is 24.0 Å². The van der Waals surface area contributed by atoms with Crippen molar-refractivity contribution in [1.29, 1.82) is 0 Å². The lowest BCUT2D eigenvalue weighted by Gasteiger charge is -2.26. The van der Waals surface area contributed by atoms with Crippen molar-refractivity contribution in [1.82, 2.24) is 14.9 Å². The number of nitrogens with zero attached hydrogens (tertiary/aromatic N) is 2. The highest BCUT2D eigenvalue weighted by molar-refractivity contribution is 14.0. The summed E-state index contributed by atoms with van der Waals surface area (Å²) in [6.07, 6.45) is 2.11. The maximum atomic E-state index is 12.3. The highest BCUT2D eigenvalue weighted by atomic mass is 127. The molecule has 0 amide bonds. The van der Waals surface area contributed by atoms with Gasteiger partial charge in [-0.25, -0.2) is 12.7 Å².